The fourth-order valence-electron chi connectivity index (χ4n) is 3.11. The molecule has 5 nitrogen and oxygen atoms in total. The van der Waals surface area contributed by atoms with Crippen LogP contribution in [0.25, 0.3) is 0 Å². The third kappa shape index (κ3) is 6.24. The van der Waals surface area contributed by atoms with Crippen LogP contribution in [0.3, 0.4) is 0 Å². The predicted molar refractivity (Wildman–Crippen MR) is 97.7 cm³/mol. The Hall–Kier alpha value is -1.18. The molecule has 0 unspecified atom stereocenters. The van der Waals surface area contributed by atoms with Crippen molar-refractivity contribution in [2.24, 2.45) is 0 Å². The van der Waals surface area contributed by atoms with Gasteiger partial charge in [-0.2, -0.15) is 0 Å². The van der Waals surface area contributed by atoms with Crippen LogP contribution in [-0.2, 0) is 22.6 Å². The molecule has 0 radical (unpaired) electrons. The molecule has 1 aliphatic heterocycles. The van der Waals surface area contributed by atoms with Crippen molar-refractivity contribution in [1.29, 1.82) is 0 Å². The van der Waals surface area contributed by atoms with E-state index in [9.17, 15) is 5.11 Å². The Morgan fingerprint density at radius 1 is 1.40 bits per heavy atom. The lowest BCUT2D eigenvalue weighted by Gasteiger charge is -2.27. The minimum Gasteiger partial charge on any atom is -0.467 e. The van der Waals surface area contributed by atoms with Crippen molar-refractivity contribution in [3.63, 3.8) is 0 Å². The van der Waals surface area contributed by atoms with Crippen LogP contribution in [0.1, 0.15) is 28.4 Å². The van der Waals surface area contributed by atoms with Gasteiger partial charge < -0.3 is 19.0 Å². The summed E-state index contributed by atoms with van der Waals surface area (Å²) in [5.41, 5.74) is 0. The molecule has 0 amide bonds. The Labute approximate surface area is 153 Å². The molecule has 25 heavy (non-hydrogen) atoms. The molecule has 0 bridgehead atoms. The van der Waals surface area contributed by atoms with Crippen molar-refractivity contribution in [1.82, 2.24) is 4.90 Å². The standard InChI is InChI=1S/C19H27NO4S/c1-15-6-7-19(25-15)12-20(11-17-4-2-8-23-17)10-16(21)13-22-14-18-5-3-9-24-18/h3,5-7,9,16-17,21H,2,4,8,10-14H2,1H3/t16-,17+/m0/s1. The van der Waals surface area contributed by atoms with E-state index in [0.717, 1.165) is 38.3 Å². The number of rotatable bonds is 10. The number of thiophene rings is 1. The number of aryl methyl sites for hydroxylation is 1. The minimum absolute atomic E-state index is 0.275. The summed E-state index contributed by atoms with van der Waals surface area (Å²) in [5.74, 6) is 0.775. The summed E-state index contributed by atoms with van der Waals surface area (Å²) in [5, 5.41) is 10.4. The van der Waals surface area contributed by atoms with Crippen molar-refractivity contribution in [3.05, 3.63) is 46.0 Å². The number of aliphatic hydroxyl groups is 1. The summed E-state index contributed by atoms with van der Waals surface area (Å²) in [7, 11) is 0. The van der Waals surface area contributed by atoms with Crippen LogP contribution in [0.4, 0.5) is 0 Å². The first-order valence-electron chi connectivity index (χ1n) is 8.86. The van der Waals surface area contributed by atoms with Crippen molar-refractivity contribution in [3.8, 4) is 0 Å². The second-order valence-electron chi connectivity index (χ2n) is 6.59. The Morgan fingerprint density at radius 3 is 3.00 bits per heavy atom. The van der Waals surface area contributed by atoms with Gasteiger partial charge in [-0.3, -0.25) is 4.90 Å². The maximum absolute atomic E-state index is 10.4. The van der Waals surface area contributed by atoms with Crippen LogP contribution in [0.15, 0.2) is 34.9 Å². The quantitative estimate of drug-likeness (QED) is 0.701. The Kier molecular flexibility index (Phi) is 7.07. The summed E-state index contributed by atoms with van der Waals surface area (Å²) in [4.78, 5) is 4.91. The normalized spacial score (nSPS) is 18.9. The van der Waals surface area contributed by atoms with E-state index in [1.54, 1.807) is 6.26 Å². The van der Waals surface area contributed by atoms with Gasteiger partial charge in [0.2, 0.25) is 0 Å². The van der Waals surface area contributed by atoms with Gasteiger partial charge in [-0.25, -0.2) is 0 Å². The molecule has 1 N–H and O–H groups in total. The van der Waals surface area contributed by atoms with E-state index in [2.05, 4.69) is 24.0 Å². The summed E-state index contributed by atoms with van der Waals surface area (Å²) in [6.07, 6.45) is 3.60. The van der Waals surface area contributed by atoms with Crippen LogP contribution >= 0.6 is 11.3 Å². The van der Waals surface area contributed by atoms with Gasteiger partial charge in [-0.05, 0) is 44.0 Å². The topological polar surface area (TPSA) is 55.1 Å². The van der Waals surface area contributed by atoms with Gasteiger partial charge in [-0.15, -0.1) is 11.3 Å². The zero-order valence-electron chi connectivity index (χ0n) is 14.7. The number of hydrogen-bond acceptors (Lipinski definition) is 6. The van der Waals surface area contributed by atoms with E-state index in [-0.39, 0.29) is 6.10 Å². The smallest absolute Gasteiger partial charge is 0.129 e. The number of ether oxygens (including phenoxy) is 2. The minimum atomic E-state index is -0.530. The highest BCUT2D eigenvalue weighted by atomic mass is 32.1. The van der Waals surface area contributed by atoms with Gasteiger partial charge in [0, 0.05) is 36.0 Å². The molecule has 2 aromatic rings. The second-order valence-corrected chi connectivity index (χ2v) is 7.96. The first-order chi connectivity index (χ1) is 12.2. The average molecular weight is 365 g/mol. The third-order valence-corrected chi connectivity index (χ3v) is 5.25. The average Bonchev–Trinajstić information content (AvgIpc) is 3.31. The molecule has 3 rings (SSSR count). The highest BCUT2D eigenvalue weighted by Gasteiger charge is 2.21. The van der Waals surface area contributed by atoms with E-state index < -0.39 is 6.10 Å². The maximum atomic E-state index is 10.4. The van der Waals surface area contributed by atoms with Crippen molar-refractivity contribution in [2.75, 3.05) is 26.3 Å². The van der Waals surface area contributed by atoms with Crippen molar-refractivity contribution < 1.29 is 19.0 Å². The monoisotopic (exact) mass is 365 g/mol. The molecule has 1 saturated heterocycles. The molecule has 6 heteroatoms. The zero-order chi connectivity index (χ0) is 17.5. The lowest BCUT2D eigenvalue weighted by molar-refractivity contribution is -0.00616. The molecular formula is C19H27NO4S. The predicted octanol–water partition coefficient (Wildman–Crippen LogP) is 3.21. The van der Waals surface area contributed by atoms with E-state index in [4.69, 9.17) is 13.9 Å². The van der Waals surface area contributed by atoms with E-state index in [1.165, 1.54) is 9.75 Å². The molecule has 2 aromatic heterocycles. The fourth-order valence-corrected chi connectivity index (χ4v) is 4.04. The third-order valence-electron chi connectivity index (χ3n) is 4.26. The first-order valence-corrected chi connectivity index (χ1v) is 9.68. The van der Waals surface area contributed by atoms with E-state index in [1.807, 2.05) is 23.5 Å². The van der Waals surface area contributed by atoms with Gasteiger partial charge in [0.15, 0.2) is 0 Å². The van der Waals surface area contributed by atoms with Crippen LogP contribution in [0.2, 0.25) is 0 Å². The van der Waals surface area contributed by atoms with Gasteiger partial charge in [0.05, 0.1) is 25.1 Å². The molecule has 1 fully saturated rings. The highest BCUT2D eigenvalue weighted by molar-refractivity contribution is 7.11. The Balaban J connectivity index is 1.48. The van der Waals surface area contributed by atoms with E-state index in [0.29, 0.717) is 19.8 Å². The maximum Gasteiger partial charge on any atom is 0.129 e. The molecular weight excluding hydrogens is 338 g/mol. The molecule has 0 spiro atoms. The zero-order valence-corrected chi connectivity index (χ0v) is 15.5. The highest BCUT2D eigenvalue weighted by Crippen LogP contribution is 2.20. The van der Waals surface area contributed by atoms with Gasteiger partial charge >= 0.3 is 0 Å². The summed E-state index contributed by atoms with van der Waals surface area (Å²) in [6.45, 7) is 5.93. The SMILES string of the molecule is Cc1ccc(CN(C[C@H](O)COCc2ccco2)C[C@H]2CCCO2)s1. The molecule has 0 aromatic carbocycles. The second kappa shape index (κ2) is 9.50. The summed E-state index contributed by atoms with van der Waals surface area (Å²) >= 11 is 1.81. The molecule has 1 aliphatic rings. The summed E-state index contributed by atoms with van der Waals surface area (Å²) in [6, 6.07) is 8.02. The van der Waals surface area contributed by atoms with Crippen molar-refractivity contribution in [2.45, 2.75) is 45.1 Å². The van der Waals surface area contributed by atoms with Crippen LogP contribution in [-0.4, -0.2) is 48.5 Å². The largest absolute Gasteiger partial charge is 0.467 e. The van der Waals surface area contributed by atoms with Gasteiger partial charge in [0.25, 0.3) is 0 Å². The summed E-state index contributed by atoms with van der Waals surface area (Å²) < 4.78 is 16.6. The molecule has 0 saturated carbocycles. The van der Waals surface area contributed by atoms with E-state index >= 15 is 0 Å². The molecule has 0 aliphatic carbocycles. The first kappa shape index (κ1) is 18.6. The molecule has 138 valence electrons. The number of furan rings is 1. The molecule has 2 atom stereocenters. The lowest BCUT2D eigenvalue weighted by atomic mass is 10.2. The number of aliphatic hydroxyl groups excluding tert-OH is 1. The lowest BCUT2D eigenvalue weighted by Crippen LogP contribution is -2.38. The number of hydrogen-bond donors (Lipinski definition) is 1. The fraction of sp³-hybridized carbons (Fsp3) is 0.579. The van der Waals surface area contributed by atoms with Crippen LogP contribution in [0, 0.1) is 6.92 Å². The van der Waals surface area contributed by atoms with Crippen LogP contribution in [0.5, 0.6) is 0 Å². The Morgan fingerprint density at radius 2 is 2.32 bits per heavy atom. The Bertz CT molecular complexity index is 607. The molecule has 3 heterocycles. The van der Waals surface area contributed by atoms with Gasteiger partial charge in [-0.1, -0.05) is 0 Å². The number of nitrogens with zero attached hydrogens (tertiary/aromatic N) is 1. The van der Waals surface area contributed by atoms with Crippen LogP contribution < -0.4 is 0 Å². The van der Waals surface area contributed by atoms with Crippen molar-refractivity contribution >= 4 is 11.3 Å². The van der Waals surface area contributed by atoms with Gasteiger partial charge in [0.1, 0.15) is 12.4 Å².